The van der Waals surface area contributed by atoms with Crippen molar-refractivity contribution in [3.05, 3.63) is 62.5 Å². The summed E-state index contributed by atoms with van der Waals surface area (Å²) in [6.45, 7) is 0. The number of carbonyl (C=O) groups excluding carboxylic acids is 2. The van der Waals surface area contributed by atoms with Gasteiger partial charge in [0.1, 0.15) is 10.8 Å². The molecule has 10 heteroatoms. The van der Waals surface area contributed by atoms with E-state index >= 15 is 0 Å². The van der Waals surface area contributed by atoms with Gasteiger partial charge in [-0.15, -0.1) is 10.2 Å². The van der Waals surface area contributed by atoms with Gasteiger partial charge in [0.2, 0.25) is 10.9 Å². The van der Waals surface area contributed by atoms with Gasteiger partial charge in [-0.1, -0.05) is 40.6 Å². The van der Waals surface area contributed by atoms with E-state index in [9.17, 15) is 9.59 Å². The second-order valence-corrected chi connectivity index (χ2v) is 7.79. The van der Waals surface area contributed by atoms with Gasteiger partial charge in [-0.3, -0.25) is 9.59 Å². The molecule has 0 unspecified atom stereocenters. The SMILES string of the molecule is COc1ccc(Cl)cc1NC(=O)CCc1nnc(C(=O)Nc2cccc(Cl)c2)s1. The Morgan fingerprint density at radius 2 is 1.86 bits per heavy atom. The molecule has 0 fully saturated rings. The maximum absolute atomic E-state index is 12.3. The van der Waals surface area contributed by atoms with Crippen molar-refractivity contribution in [3.8, 4) is 5.75 Å². The van der Waals surface area contributed by atoms with Crippen LogP contribution in [0.5, 0.6) is 5.75 Å². The molecule has 0 aliphatic rings. The predicted molar refractivity (Wildman–Crippen MR) is 114 cm³/mol. The highest BCUT2D eigenvalue weighted by molar-refractivity contribution is 7.13. The Morgan fingerprint density at radius 1 is 1.07 bits per heavy atom. The van der Waals surface area contributed by atoms with Crippen molar-refractivity contribution < 1.29 is 14.3 Å². The highest BCUT2D eigenvalue weighted by atomic mass is 35.5. The van der Waals surface area contributed by atoms with Gasteiger partial charge in [-0.2, -0.15) is 0 Å². The molecule has 0 aliphatic heterocycles. The minimum Gasteiger partial charge on any atom is -0.495 e. The topological polar surface area (TPSA) is 93.2 Å². The van der Waals surface area contributed by atoms with Gasteiger partial charge in [-0.05, 0) is 36.4 Å². The number of anilines is 2. The number of nitrogens with zero attached hydrogens (tertiary/aromatic N) is 2. The van der Waals surface area contributed by atoms with Gasteiger partial charge in [-0.25, -0.2) is 0 Å². The summed E-state index contributed by atoms with van der Waals surface area (Å²) in [6.07, 6.45) is 0.511. The van der Waals surface area contributed by atoms with Gasteiger partial charge < -0.3 is 15.4 Å². The standard InChI is InChI=1S/C19H16Cl2N4O3S/c1-28-15-6-5-12(21)10-14(15)23-16(26)7-8-17-24-25-19(29-17)18(27)22-13-4-2-3-11(20)9-13/h2-6,9-10H,7-8H2,1H3,(H,22,27)(H,23,26). The van der Waals surface area contributed by atoms with E-state index in [4.69, 9.17) is 27.9 Å². The van der Waals surface area contributed by atoms with Crippen LogP contribution in [-0.2, 0) is 11.2 Å². The Balaban J connectivity index is 1.55. The first-order valence-corrected chi connectivity index (χ1v) is 10.0. The number of hydrogen-bond donors (Lipinski definition) is 2. The van der Waals surface area contributed by atoms with Crippen LogP contribution in [0.15, 0.2) is 42.5 Å². The van der Waals surface area contributed by atoms with E-state index in [1.54, 1.807) is 42.5 Å². The van der Waals surface area contributed by atoms with Crippen molar-refractivity contribution in [2.24, 2.45) is 0 Å². The molecule has 0 saturated heterocycles. The molecule has 150 valence electrons. The van der Waals surface area contributed by atoms with Crippen molar-refractivity contribution in [1.29, 1.82) is 0 Å². The van der Waals surface area contributed by atoms with Crippen LogP contribution >= 0.6 is 34.5 Å². The van der Waals surface area contributed by atoms with Crippen LogP contribution in [0.2, 0.25) is 10.0 Å². The summed E-state index contributed by atoms with van der Waals surface area (Å²) in [5, 5.41) is 15.1. The maximum atomic E-state index is 12.3. The fourth-order valence-electron chi connectivity index (χ4n) is 2.41. The summed E-state index contributed by atoms with van der Waals surface area (Å²) in [6, 6.07) is 11.8. The minimum atomic E-state index is -0.385. The number of nitrogens with one attached hydrogen (secondary N) is 2. The molecule has 0 atom stereocenters. The molecule has 7 nitrogen and oxygen atoms in total. The Labute approximate surface area is 181 Å². The van der Waals surface area contributed by atoms with E-state index in [0.29, 0.717) is 38.6 Å². The number of hydrogen-bond acceptors (Lipinski definition) is 6. The lowest BCUT2D eigenvalue weighted by molar-refractivity contribution is -0.116. The van der Waals surface area contributed by atoms with E-state index in [2.05, 4.69) is 20.8 Å². The summed E-state index contributed by atoms with van der Waals surface area (Å²) < 4.78 is 5.20. The van der Waals surface area contributed by atoms with Crippen molar-refractivity contribution in [1.82, 2.24) is 10.2 Å². The van der Waals surface area contributed by atoms with Crippen LogP contribution in [0.25, 0.3) is 0 Å². The molecule has 29 heavy (non-hydrogen) atoms. The molecule has 0 saturated carbocycles. The Hall–Kier alpha value is -2.68. The predicted octanol–water partition coefficient (Wildman–Crippen LogP) is 4.68. The molecule has 0 spiro atoms. The van der Waals surface area contributed by atoms with E-state index < -0.39 is 0 Å². The van der Waals surface area contributed by atoms with Gasteiger partial charge >= 0.3 is 0 Å². The average Bonchev–Trinajstić information content (AvgIpc) is 3.16. The van der Waals surface area contributed by atoms with E-state index in [-0.39, 0.29) is 23.2 Å². The highest BCUT2D eigenvalue weighted by Crippen LogP contribution is 2.28. The Kier molecular flexibility index (Phi) is 7.03. The first-order valence-electron chi connectivity index (χ1n) is 8.47. The fourth-order valence-corrected chi connectivity index (χ4v) is 3.50. The zero-order chi connectivity index (χ0) is 20.8. The molecule has 0 aliphatic carbocycles. The third-order valence-electron chi connectivity index (χ3n) is 3.75. The van der Waals surface area contributed by atoms with Crippen molar-refractivity contribution in [2.75, 3.05) is 17.7 Å². The van der Waals surface area contributed by atoms with E-state index in [1.807, 2.05) is 0 Å². The first-order chi connectivity index (χ1) is 13.9. The molecule has 2 aromatic carbocycles. The van der Waals surface area contributed by atoms with Crippen LogP contribution in [0.1, 0.15) is 21.2 Å². The lowest BCUT2D eigenvalue weighted by atomic mass is 10.2. The van der Waals surface area contributed by atoms with Crippen LogP contribution in [0.3, 0.4) is 0 Å². The summed E-state index contributed by atoms with van der Waals surface area (Å²) in [5.41, 5.74) is 1.05. The van der Waals surface area contributed by atoms with Gasteiger partial charge in [0, 0.05) is 28.6 Å². The molecule has 3 rings (SSSR count). The molecular weight excluding hydrogens is 435 g/mol. The number of ether oxygens (including phenoxy) is 1. The second-order valence-electron chi connectivity index (χ2n) is 5.86. The summed E-state index contributed by atoms with van der Waals surface area (Å²) in [7, 11) is 1.51. The number of carbonyl (C=O) groups is 2. The lowest BCUT2D eigenvalue weighted by Gasteiger charge is -2.10. The molecule has 2 N–H and O–H groups in total. The quantitative estimate of drug-likeness (QED) is 0.544. The van der Waals surface area contributed by atoms with E-state index in [0.717, 1.165) is 11.3 Å². The molecule has 1 aromatic heterocycles. The largest absolute Gasteiger partial charge is 0.495 e. The van der Waals surface area contributed by atoms with Gasteiger partial charge in [0.25, 0.3) is 5.91 Å². The normalized spacial score (nSPS) is 10.4. The summed E-state index contributed by atoms with van der Waals surface area (Å²) >= 11 is 13.0. The lowest BCUT2D eigenvalue weighted by Crippen LogP contribution is -2.13. The fraction of sp³-hybridized carbons (Fsp3) is 0.158. The van der Waals surface area contributed by atoms with Crippen molar-refractivity contribution in [2.45, 2.75) is 12.8 Å². The maximum Gasteiger partial charge on any atom is 0.286 e. The van der Waals surface area contributed by atoms with Crippen LogP contribution in [0, 0.1) is 0 Å². The number of benzene rings is 2. The number of halogens is 2. The monoisotopic (exact) mass is 450 g/mol. The molecule has 0 radical (unpaired) electrons. The minimum absolute atomic E-state index is 0.167. The van der Waals surface area contributed by atoms with Gasteiger partial charge in [0.05, 0.1) is 12.8 Å². The number of aryl methyl sites for hydroxylation is 1. The third-order valence-corrected chi connectivity index (χ3v) is 5.20. The Bertz CT molecular complexity index is 1040. The highest BCUT2D eigenvalue weighted by Gasteiger charge is 2.15. The average molecular weight is 451 g/mol. The van der Waals surface area contributed by atoms with Gasteiger partial charge in [0.15, 0.2) is 0 Å². The van der Waals surface area contributed by atoms with Crippen LogP contribution in [0.4, 0.5) is 11.4 Å². The Morgan fingerprint density at radius 3 is 2.62 bits per heavy atom. The van der Waals surface area contributed by atoms with Crippen molar-refractivity contribution >= 4 is 57.7 Å². The smallest absolute Gasteiger partial charge is 0.286 e. The molecular formula is C19H16Cl2N4O3S. The number of methoxy groups -OCH3 is 1. The molecule has 2 amide bonds. The first kappa shape index (κ1) is 21.0. The number of amides is 2. The molecule has 0 bridgehead atoms. The van der Waals surface area contributed by atoms with Crippen LogP contribution < -0.4 is 15.4 Å². The zero-order valence-electron chi connectivity index (χ0n) is 15.2. The number of rotatable bonds is 7. The summed E-state index contributed by atoms with van der Waals surface area (Å²) in [4.78, 5) is 24.5. The zero-order valence-corrected chi connectivity index (χ0v) is 17.6. The summed E-state index contributed by atoms with van der Waals surface area (Å²) in [5.74, 6) is -0.103. The van der Waals surface area contributed by atoms with Crippen molar-refractivity contribution in [3.63, 3.8) is 0 Å². The second kappa shape index (κ2) is 9.69. The van der Waals surface area contributed by atoms with E-state index in [1.165, 1.54) is 7.11 Å². The van der Waals surface area contributed by atoms with Crippen LogP contribution in [-0.4, -0.2) is 29.1 Å². The number of aromatic nitrogens is 2. The molecule has 3 aromatic rings. The third kappa shape index (κ3) is 5.90. The molecule has 1 heterocycles.